The number of morpholine rings is 1. The number of carbonyl (C=O) groups excluding carboxylic acids is 1. The normalized spacial score (nSPS) is 26.2. The lowest BCUT2D eigenvalue weighted by Gasteiger charge is -2.40. The summed E-state index contributed by atoms with van der Waals surface area (Å²) >= 11 is 6.10. The molecule has 4 atom stereocenters. The first-order chi connectivity index (χ1) is 16.0. The van der Waals surface area contributed by atoms with Gasteiger partial charge in [0.25, 0.3) is 0 Å². The van der Waals surface area contributed by atoms with E-state index < -0.39 is 6.10 Å². The molecule has 5 rings (SSSR count). The molecule has 1 aliphatic carbocycles. The highest BCUT2D eigenvalue weighted by atomic mass is 35.5. The number of halogens is 1. The molecule has 9 heteroatoms. The molecule has 1 amide bonds. The Kier molecular flexibility index (Phi) is 6.51. The molecular weight excluding hydrogens is 442 g/mol. The van der Waals surface area contributed by atoms with Gasteiger partial charge in [-0.1, -0.05) is 30.7 Å². The summed E-state index contributed by atoms with van der Waals surface area (Å²) in [7, 11) is 0. The molecule has 0 spiro atoms. The minimum absolute atomic E-state index is 0.0714. The zero-order valence-corrected chi connectivity index (χ0v) is 19.5. The molecule has 2 aliphatic heterocycles. The largest absolute Gasteiger partial charge is 0.387 e. The molecule has 1 aromatic heterocycles. The lowest BCUT2D eigenvalue weighted by atomic mass is 9.89. The van der Waals surface area contributed by atoms with Crippen LogP contribution in [0.3, 0.4) is 0 Å². The lowest BCUT2D eigenvalue weighted by molar-refractivity contribution is -0.134. The number of nitrogens with zero attached hydrogens (tertiary/aromatic N) is 4. The second kappa shape index (κ2) is 9.54. The Bertz CT molecular complexity index is 990. The van der Waals surface area contributed by atoms with Crippen molar-refractivity contribution in [2.75, 3.05) is 50.8 Å². The second-order valence-corrected chi connectivity index (χ2v) is 9.56. The summed E-state index contributed by atoms with van der Waals surface area (Å²) in [5, 5.41) is 14.4. The van der Waals surface area contributed by atoms with E-state index in [2.05, 4.69) is 27.1 Å². The van der Waals surface area contributed by atoms with Gasteiger partial charge in [0, 0.05) is 49.4 Å². The minimum atomic E-state index is -0.523. The number of ether oxygens (including phenoxy) is 1. The third kappa shape index (κ3) is 4.45. The summed E-state index contributed by atoms with van der Waals surface area (Å²) < 4.78 is 5.68. The van der Waals surface area contributed by atoms with E-state index in [1.54, 1.807) is 0 Å². The van der Waals surface area contributed by atoms with Crippen LogP contribution in [0.15, 0.2) is 30.6 Å². The molecule has 33 heavy (non-hydrogen) atoms. The number of amides is 1. The Morgan fingerprint density at radius 3 is 2.67 bits per heavy atom. The highest BCUT2D eigenvalue weighted by Crippen LogP contribution is 2.42. The average Bonchev–Trinajstić information content (AvgIpc) is 3.15. The number of anilines is 1. The smallest absolute Gasteiger partial charge is 0.231 e. The number of carbonyl (C=O) groups is 1. The van der Waals surface area contributed by atoms with Crippen molar-refractivity contribution in [3.63, 3.8) is 0 Å². The van der Waals surface area contributed by atoms with Crippen LogP contribution in [0.4, 0.5) is 5.82 Å². The van der Waals surface area contributed by atoms with Crippen molar-refractivity contribution < 1.29 is 14.6 Å². The summed E-state index contributed by atoms with van der Waals surface area (Å²) in [5.41, 5.74) is 2.75. The molecule has 0 radical (unpaired) electrons. The number of piperazine rings is 1. The van der Waals surface area contributed by atoms with Crippen molar-refractivity contribution in [2.24, 2.45) is 0 Å². The molecule has 2 aromatic rings. The van der Waals surface area contributed by atoms with E-state index in [0.29, 0.717) is 50.8 Å². The van der Waals surface area contributed by atoms with Crippen LogP contribution in [0, 0.1) is 0 Å². The van der Waals surface area contributed by atoms with Gasteiger partial charge in [-0.05, 0) is 30.0 Å². The molecule has 2 unspecified atom stereocenters. The molecular formula is C24H30ClN5O3. The first-order valence-corrected chi connectivity index (χ1v) is 12.0. The number of aliphatic hydroxyl groups is 1. The van der Waals surface area contributed by atoms with Crippen molar-refractivity contribution >= 4 is 23.3 Å². The maximum atomic E-state index is 13.7. The van der Waals surface area contributed by atoms with Gasteiger partial charge in [-0.2, -0.15) is 0 Å². The zero-order valence-electron chi connectivity index (χ0n) is 18.8. The zero-order chi connectivity index (χ0) is 22.9. The van der Waals surface area contributed by atoms with Gasteiger partial charge in [-0.3, -0.25) is 4.79 Å². The summed E-state index contributed by atoms with van der Waals surface area (Å²) in [4.78, 5) is 26.8. The van der Waals surface area contributed by atoms with Gasteiger partial charge in [0.2, 0.25) is 5.91 Å². The van der Waals surface area contributed by atoms with Crippen LogP contribution in [0.2, 0.25) is 5.02 Å². The van der Waals surface area contributed by atoms with E-state index in [-0.39, 0.29) is 23.8 Å². The molecule has 3 heterocycles. The molecule has 2 N–H and O–H groups in total. The van der Waals surface area contributed by atoms with E-state index in [1.807, 2.05) is 29.2 Å². The fraction of sp³-hybridized carbons (Fsp3) is 0.542. The maximum absolute atomic E-state index is 13.7. The number of hydrogen-bond acceptors (Lipinski definition) is 7. The Morgan fingerprint density at radius 1 is 1.21 bits per heavy atom. The van der Waals surface area contributed by atoms with Crippen molar-refractivity contribution in [2.45, 2.75) is 37.3 Å². The summed E-state index contributed by atoms with van der Waals surface area (Å²) in [6.45, 7) is 6.63. The molecule has 0 bridgehead atoms. The molecule has 3 aliphatic rings. The van der Waals surface area contributed by atoms with Gasteiger partial charge in [0.05, 0.1) is 30.9 Å². The van der Waals surface area contributed by atoms with E-state index in [4.69, 9.17) is 16.3 Å². The fourth-order valence-corrected chi connectivity index (χ4v) is 5.43. The minimum Gasteiger partial charge on any atom is -0.387 e. The van der Waals surface area contributed by atoms with Crippen LogP contribution >= 0.6 is 11.6 Å². The first-order valence-electron chi connectivity index (χ1n) is 11.7. The van der Waals surface area contributed by atoms with E-state index in [9.17, 15) is 9.90 Å². The van der Waals surface area contributed by atoms with Crippen molar-refractivity contribution in [1.29, 1.82) is 0 Å². The van der Waals surface area contributed by atoms with Crippen molar-refractivity contribution in [1.82, 2.24) is 20.2 Å². The predicted molar refractivity (Wildman–Crippen MR) is 126 cm³/mol. The topological polar surface area (TPSA) is 90.8 Å². The van der Waals surface area contributed by atoms with E-state index in [0.717, 1.165) is 29.2 Å². The summed E-state index contributed by atoms with van der Waals surface area (Å²) in [6, 6.07) is 7.48. The van der Waals surface area contributed by atoms with Crippen LogP contribution in [-0.2, 0) is 9.53 Å². The van der Waals surface area contributed by atoms with Gasteiger partial charge in [0.1, 0.15) is 12.1 Å². The number of aromatic nitrogens is 2. The number of rotatable bonds is 4. The number of benzene rings is 1. The fourth-order valence-electron chi connectivity index (χ4n) is 5.31. The third-order valence-corrected chi connectivity index (χ3v) is 7.27. The maximum Gasteiger partial charge on any atom is 0.231 e. The Hall–Kier alpha value is -2.26. The lowest BCUT2D eigenvalue weighted by Crippen LogP contribution is -2.55. The van der Waals surface area contributed by atoms with Gasteiger partial charge >= 0.3 is 0 Å². The SMILES string of the molecule is C[C@@H]1C[C@H](O)c2ncnc(N3CCN(C(=O)C(c4ccc(Cl)cc4)C4COCCN4)CC3)c21. The molecule has 8 nitrogen and oxygen atoms in total. The monoisotopic (exact) mass is 471 g/mol. The number of aliphatic hydroxyl groups excluding tert-OH is 1. The van der Waals surface area contributed by atoms with Crippen LogP contribution in [0.1, 0.15) is 48.1 Å². The number of hydrogen-bond donors (Lipinski definition) is 2. The first kappa shape index (κ1) is 22.5. The van der Waals surface area contributed by atoms with Gasteiger partial charge < -0.3 is 25.0 Å². The third-order valence-electron chi connectivity index (χ3n) is 7.02. The second-order valence-electron chi connectivity index (χ2n) is 9.13. The molecule has 2 fully saturated rings. The molecule has 176 valence electrons. The van der Waals surface area contributed by atoms with Crippen molar-refractivity contribution in [3.05, 3.63) is 52.4 Å². The molecule has 0 saturated carbocycles. The van der Waals surface area contributed by atoms with Crippen LogP contribution in [0.5, 0.6) is 0 Å². The predicted octanol–water partition coefficient (Wildman–Crippen LogP) is 2.09. The number of nitrogens with one attached hydrogen (secondary N) is 1. The highest BCUT2D eigenvalue weighted by Gasteiger charge is 2.37. The van der Waals surface area contributed by atoms with E-state index >= 15 is 0 Å². The number of fused-ring (bicyclic) bond motifs is 1. The highest BCUT2D eigenvalue weighted by molar-refractivity contribution is 6.30. The Morgan fingerprint density at radius 2 is 1.97 bits per heavy atom. The Balaban J connectivity index is 1.32. The summed E-state index contributed by atoms with van der Waals surface area (Å²) in [5.74, 6) is 0.898. The van der Waals surface area contributed by atoms with Crippen molar-refractivity contribution in [3.8, 4) is 0 Å². The molecule has 2 saturated heterocycles. The quantitative estimate of drug-likeness (QED) is 0.705. The van der Waals surface area contributed by atoms with Crippen LogP contribution in [-0.4, -0.2) is 77.9 Å². The van der Waals surface area contributed by atoms with Gasteiger partial charge in [-0.15, -0.1) is 0 Å². The summed E-state index contributed by atoms with van der Waals surface area (Å²) in [6.07, 6.45) is 1.70. The molecule has 1 aromatic carbocycles. The van der Waals surface area contributed by atoms with Gasteiger partial charge in [0.15, 0.2) is 0 Å². The Labute approximate surface area is 198 Å². The standard InChI is InChI=1S/C24H30ClN5O3/c1-15-12-19(31)22-20(15)23(28-14-27-22)29-7-9-30(10-8-29)24(32)21(18-13-33-11-6-26-18)16-2-4-17(25)5-3-16/h2-5,14-15,18-19,21,26,31H,6-13H2,1H3/t15-,18?,19+,21?/m1/s1. The van der Waals surface area contributed by atoms with E-state index in [1.165, 1.54) is 6.33 Å². The van der Waals surface area contributed by atoms with Crippen LogP contribution < -0.4 is 10.2 Å². The van der Waals surface area contributed by atoms with Crippen LogP contribution in [0.25, 0.3) is 0 Å². The average molecular weight is 472 g/mol. The van der Waals surface area contributed by atoms with Gasteiger partial charge in [-0.25, -0.2) is 9.97 Å².